The van der Waals surface area contributed by atoms with Crippen molar-refractivity contribution in [2.24, 2.45) is 0 Å². The molecule has 7 heteroatoms. The summed E-state index contributed by atoms with van der Waals surface area (Å²) in [4.78, 5) is 0.846. The van der Waals surface area contributed by atoms with E-state index in [1.54, 1.807) is 0 Å². The van der Waals surface area contributed by atoms with E-state index >= 15 is 0 Å². The molecule has 0 saturated carbocycles. The maximum Gasteiger partial charge on any atom is 0.236 e. The minimum atomic E-state index is -3.28. The van der Waals surface area contributed by atoms with Gasteiger partial charge in [-0.05, 0) is 31.4 Å². The Hall–Kier alpha value is -0.630. The Kier molecular flexibility index (Phi) is 8.19. The van der Waals surface area contributed by atoms with E-state index in [0.29, 0.717) is 24.6 Å². The smallest absolute Gasteiger partial charge is 0.236 e. The fraction of sp³-hybridized carbons (Fsp3) is 0.778. The molecule has 0 aliphatic carbocycles. The van der Waals surface area contributed by atoms with E-state index in [9.17, 15) is 13.5 Å². The molecule has 0 radical (unpaired) electrons. The summed E-state index contributed by atoms with van der Waals surface area (Å²) in [7, 11) is -3.28. The SMILES string of the molecule is CCCCCC(O)c1ccc(N2C(COCCCC)CCS2(=O)=O)s1. The summed E-state index contributed by atoms with van der Waals surface area (Å²) >= 11 is 1.39. The zero-order valence-electron chi connectivity index (χ0n) is 15.3. The number of nitrogens with zero attached hydrogens (tertiary/aromatic N) is 1. The highest BCUT2D eigenvalue weighted by Crippen LogP contribution is 2.37. The first-order chi connectivity index (χ1) is 12.0. The summed E-state index contributed by atoms with van der Waals surface area (Å²) in [5.41, 5.74) is 0. The number of thiophene rings is 1. The van der Waals surface area contributed by atoms with Gasteiger partial charge in [-0.3, -0.25) is 4.31 Å². The van der Waals surface area contributed by atoms with Gasteiger partial charge in [0.1, 0.15) is 5.00 Å². The molecule has 1 aliphatic heterocycles. The topological polar surface area (TPSA) is 66.8 Å². The van der Waals surface area contributed by atoms with Crippen LogP contribution in [0.4, 0.5) is 5.00 Å². The molecule has 1 aromatic rings. The summed E-state index contributed by atoms with van der Waals surface area (Å²) in [5.74, 6) is 0.168. The lowest BCUT2D eigenvalue weighted by Crippen LogP contribution is -2.35. The van der Waals surface area contributed by atoms with Crippen LogP contribution in [-0.2, 0) is 14.8 Å². The Morgan fingerprint density at radius 1 is 1.28 bits per heavy atom. The Bertz CT molecular complexity index is 614. The van der Waals surface area contributed by atoms with E-state index in [2.05, 4.69) is 13.8 Å². The standard InChI is InChI=1S/C18H31NO4S2/c1-3-5-7-8-16(20)17-9-10-18(24-17)19-15(11-13-25(19,21)22)14-23-12-6-4-2/h9-10,15-16,20H,3-8,11-14H2,1-2H3. The monoisotopic (exact) mass is 389 g/mol. The third-order valence-electron chi connectivity index (χ3n) is 4.53. The number of rotatable bonds is 11. The minimum Gasteiger partial charge on any atom is -0.388 e. The van der Waals surface area contributed by atoms with Gasteiger partial charge in [-0.25, -0.2) is 8.42 Å². The maximum absolute atomic E-state index is 12.5. The lowest BCUT2D eigenvalue weighted by Gasteiger charge is -2.23. The van der Waals surface area contributed by atoms with Crippen LogP contribution in [0.1, 0.15) is 69.8 Å². The largest absolute Gasteiger partial charge is 0.388 e. The van der Waals surface area contributed by atoms with Crippen molar-refractivity contribution in [2.45, 2.75) is 70.9 Å². The number of anilines is 1. The molecule has 1 aliphatic rings. The fourth-order valence-electron chi connectivity index (χ4n) is 3.03. The molecule has 0 bridgehead atoms. The molecule has 0 amide bonds. The predicted molar refractivity (Wildman–Crippen MR) is 104 cm³/mol. The Balaban J connectivity index is 2.03. The Morgan fingerprint density at radius 3 is 2.76 bits per heavy atom. The summed E-state index contributed by atoms with van der Waals surface area (Å²) in [6.45, 7) is 5.35. The highest BCUT2D eigenvalue weighted by atomic mass is 32.2. The van der Waals surface area contributed by atoms with Crippen LogP contribution < -0.4 is 4.31 Å². The van der Waals surface area contributed by atoms with Crippen LogP contribution in [-0.4, -0.2) is 38.5 Å². The van der Waals surface area contributed by atoms with Gasteiger partial charge >= 0.3 is 0 Å². The van der Waals surface area contributed by atoms with E-state index < -0.39 is 16.1 Å². The maximum atomic E-state index is 12.5. The lowest BCUT2D eigenvalue weighted by atomic mass is 10.1. The second-order valence-electron chi connectivity index (χ2n) is 6.67. The molecule has 2 atom stereocenters. The number of aliphatic hydroxyl groups is 1. The van der Waals surface area contributed by atoms with Crippen molar-refractivity contribution in [3.63, 3.8) is 0 Å². The third-order valence-corrected chi connectivity index (χ3v) is 7.68. The first-order valence-electron chi connectivity index (χ1n) is 9.37. The number of ether oxygens (including phenoxy) is 1. The summed E-state index contributed by atoms with van der Waals surface area (Å²) in [5, 5.41) is 11.0. The van der Waals surface area contributed by atoms with Crippen LogP contribution in [0.25, 0.3) is 0 Å². The molecule has 2 unspecified atom stereocenters. The van der Waals surface area contributed by atoms with Crippen LogP contribution in [0, 0.1) is 0 Å². The van der Waals surface area contributed by atoms with Crippen molar-refractivity contribution in [3.8, 4) is 0 Å². The third kappa shape index (κ3) is 5.67. The van der Waals surface area contributed by atoms with Crippen molar-refractivity contribution in [2.75, 3.05) is 23.3 Å². The normalized spacial score (nSPS) is 20.9. The van der Waals surface area contributed by atoms with Crippen molar-refractivity contribution in [3.05, 3.63) is 17.0 Å². The van der Waals surface area contributed by atoms with Gasteiger partial charge in [0, 0.05) is 11.5 Å². The van der Waals surface area contributed by atoms with Gasteiger partial charge in [0.2, 0.25) is 10.0 Å². The summed E-state index contributed by atoms with van der Waals surface area (Å²) in [6, 6.07) is 3.55. The Labute approximate surface area is 156 Å². The zero-order valence-corrected chi connectivity index (χ0v) is 16.9. The second kappa shape index (κ2) is 9.90. The summed E-state index contributed by atoms with van der Waals surface area (Å²) in [6.07, 6.45) is 6.09. The van der Waals surface area contributed by atoms with E-state index in [-0.39, 0.29) is 11.8 Å². The van der Waals surface area contributed by atoms with Crippen molar-refractivity contribution in [1.82, 2.24) is 0 Å². The average Bonchev–Trinajstić information content (AvgIpc) is 3.16. The first kappa shape index (κ1) is 20.7. The molecule has 1 fully saturated rings. The average molecular weight is 390 g/mol. The molecule has 2 rings (SSSR count). The van der Waals surface area contributed by atoms with Crippen LogP contribution in [0.3, 0.4) is 0 Å². The number of hydrogen-bond donors (Lipinski definition) is 1. The van der Waals surface area contributed by atoms with E-state index in [4.69, 9.17) is 4.74 Å². The molecule has 5 nitrogen and oxygen atoms in total. The van der Waals surface area contributed by atoms with Gasteiger partial charge < -0.3 is 9.84 Å². The molecule has 1 N–H and O–H groups in total. The molecule has 1 saturated heterocycles. The molecule has 25 heavy (non-hydrogen) atoms. The fourth-order valence-corrected chi connectivity index (χ4v) is 6.21. The van der Waals surface area contributed by atoms with Gasteiger partial charge in [0.15, 0.2) is 0 Å². The molecule has 0 aromatic carbocycles. The summed E-state index contributed by atoms with van der Waals surface area (Å²) < 4.78 is 32.1. The molecule has 144 valence electrons. The minimum absolute atomic E-state index is 0.134. The first-order valence-corrected chi connectivity index (χ1v) is 11.8. The van der Waals surface area contributed by atoms with Crippen LogP contribution >= 0.6 is 11.3 Å². The van der Waals surface area contributed by atoms with Gasteiger partial charge in [-0.2, -0.15) is 0 Å². The van der Waals surface area contributed by atoms with Crippen LogP contribution in [0.15, 0.2) is 12.1 Å². The van der Waals surface area contributed by atoms with E-state index in [1.807, 2.05) is 12.1 Å². The molecule has 0 spiro atoms. The van der Waals surface area contributed by atoms with Crippen LogP contribution in [0.5, 0.6) is 0 Å². The second-order valence-corrected chi connectivity index (χ2v) is 9.73. The van der Waals surface area contributed by atoms with Crippen LogP contribution in [0.2, 0.25) is 0 Å². The van der Waals surface area contributed by atoms with E-state index in [0.717, 1.165) is 43.4 Å². The molecule has 1 aromatic heterocycles. The molecular weight excluding hydrogens is 358 g/mol. The van der Waals surface area contributed by atoms with Crippen molar-refractivity contribution >= 4 is 26.4 Å². The highest BCUT2D eigenvalue weighted by Gasteiger charge is 2.38. The van der Waals surface area contributed by atoms with Gasteiger partial charge in [0.25, 0.3) is 0 Å². The van der Waals surface area contributed by atoms with Gasteiger partial charge in [0.05, 0.1) is 24.5 Å². The lowest BCUT2D eigenvalue weighted by molar-refractivity contribution is 0.120. The van der Waals surface area contributed by atoms with Gasteiger partial charge in [-0.15, -0.1) is 11.3 Å². The Morgan fingerprint density at radius 2 is 2.04 bits per heavy atom. The predicted octanol–water partition coefficient (Wildman–Crippen LogP) is 4.09. The zero-order chi connectivity index (χ0) is 18.3. The molecule has 2 heterocycles. The van der Waals surface area contributed by atoms with Gasteiger partial charge in [-0.1, -0.05) is 39.5 Å². The van der Waals surface area contributed by atoms with Crippen molar-refractivity contribution in [1.29, 1.82) is 0 Å². The number of aliphatic hydroxyl groups excluding tert-OH is 1. The quantitative estimate of drug-likeness (QED) is 0.579. The van der Waals surface area contributed by atoms with E-state index in [1.165, 1.54) is 15.6 Å². The molecular formula is C18H31NO4S2. The number of sulfonamides is 1. The highest BCUT2D eigenvalue weighted by molar-refractivity contribution is 7.93. The number of unbranched alkanes of at least 4 members (excludes halogenated alkanes) is 3. The van der Waals surface area contributed by atoms with Crippen molar-refractivity contribution < 1.29 is 18.3 Å². The number of hydrogen-bond acceptors (Lipinski definition) is 5.